The van der Waals surface area contributed by atoms with Gasteiger partial charge in [-0.15, -0.1) is 0 Å². The van der Waals surface area contributed by atoms with Crippen LogP contribution < -0.4 is 20.9 Å². The Morgan fingerprint density at radius 1 is 0.706 bits per heavy atom. The zero-order chi connectivity index (χ0) is 25.5. The van der Waals surface area contributed by atoms with Gasteiger partial charge in [-0.3, -0.25) is 9.59 Å². The number of anilines is 2. The molecular weight excluding hydrogens is 528 g/mol. The molecule has 12 nitrogen and oxygen atoms in total. The maximum absolute atomic E-state index is 12.4. The van der Waals surface area contributed by atoms with Gasteiger partial charge in [-0.25, -0.2) is 16.8 Å². The second-order valence-electron chi connectivity index (χ2n) is 6.73. The zero-order valence-corrected chi connectivity index (χ0v) is 20.6. The van der Waals surface area contributed by atoms with Crippen LogP contribution in [0.15, 0.2) is 58.3 Å². The van der Waals surface area contributed by atoms with E-state index in [-0.39, 0.29) is 21.3 Å². The van der Waals surface area contributed by atoms with Crippen LogP contribution >= 0.6 is 21.6 Å². The fourth-order valence-corrected chi connectivity index (χ4v) is 7.25. The molecule has 8 N–H and O–H groups in total. The van der Waals surface area contributed by atoms with Gasteiger partial charge < -0.3 is 21.7 Å². The molecule has 0 aromatic heterocycles. The van der Waals surface area contributed by atoms with Crippen molar-refractivity contribution < 1.29 is 36.6 Å². The molecule has 0 bridgehead atoms. The molecule has 34 heavy (non-hydrogen) atoms. The molecule has 2 aromatic carbocycles. The molecule has 0 unspecified atom stereocenters. The highest BCUT2D eigenvalue weighted by atomic mass is 33.1. The van der Waals surface area contributed by atoms with Crippen molar-refractivity contribution >= 4 is 64.9 Å². The minimum absolute atomic E-state index is 0.173. The maximum Gasteiger partial charge on any atom is 0.322 e. The third-order valence-electron chi connectivity index (χ3n) is 4.12. The Morgan fingerprint density at radius 2 is 1.00 bits per heavy atom. The third-order valence-corrected chi connectivity index (χ3v) is 9.52. The van der Waals surface area contributed by atoms with Crippen LogP contribution in [0.4, 0.5) is 11.4 Å². The van der Waals surface area contributed by atoms with Crippen molar-refractivity contribution in [1.29, 1.82) is 0 Å². The number of nitrogen functional groups attached to an aromatic ring is 2. The highest BCUT2D eigenvalue weighted by Gasteiger charge is 2.28. The van der Waals surface area contributed by atoms with Gasteiger partial charge in [0, 0.05) is 22.9 Å². The SMILES string of the molecule is Nc1ccc(S(=O)(=O)N[C@@H](CSSC[C@@H](NS(=O)(=O)c2ccc(N)cc2)C(=O)O)C(=O)O)cc1. The number of carboxylic acid groups (broad SMARTS) is 2. The van der Waals surface area contributed by atoms with Crippen molar-refractivity contribution in [3.05, 3.63) is 48.5 Å². The second-order valence-corrected chi connectivity index (χ2v) is 12.7. The first-order valence-electron chi connectivity index (χ1n) is 9.27. The van der Waals surface area contributed by atoms with Gasteiger partial charge in [0.15, 0.2) is 0 Å². The Balaban J connectivity index is 1.96. The number of hydrogen-bond acceptors (Lipinski definition) is 10. The second kappa shape index (κ2) is 11.8. The predicted molar refractivity (Wildman–Crippen MR) is 130 cm³/mol. The molecule has 0 saturated heterocycles. The minimum Gasteiger partial charge on any atom is -0.480 e. The van der Waals surface area contributed by atoms with Gasteiger partial charge in [-0.05, 0) is 48.5 Å². The number of sulfonamides is 2. The summed E-state index contributed by atoms with van der Waals surface area (Å²) in [7, 11) is -6.56. The topological polar surface area (TPSA) is 219 Å². The molecular formula is C18H22N4O8S4. The van der Waals surface area contributed by atoms with Crippen LogP contribution in [0.3, 0.4) is 0 Å². The Bertz CT molecular complexity index is 1120. The lowest BCUT2D eigenvalue weighted by Crippen LogP contribution is -2.43. The van der Waals surface area contributed by atoms with E-state index < -0.39 is 44.1 Å². The summed E-state index contributed by atoms with van der Waals surface area (Å²) in [6.45, 7) is 0. The van der Waals surface area contributed by atoms with Crippen molar-refractivity contribution in [3.63, 3.8) is 0 Å². The molecule has 0 fully saturated rings. The summed E-state index contributed by atoms with van der Waals surface area (Å²) in [6.07, 6.45) is 0. The lowest BCUT2D eigenvalue weighted by atomic mass is 10.3. The fourth-order valence-electron chi connectivity index (χ4n) is 2.35. The van der Waals surface area contributed by atoms with Gasteiger partial charge in [0.1, 0.15) is 12.1 Å². The van der Waals surface area contributed by atoms with Crippen molar-refractivity contribution in [2.45, 2.75) is 21.9 Å². The molecule has 0 spiro atoms. The van der Waals surface area contributed by atoms with Gasteiger partial charge in [0.25, 0.3) is 0 Å². The Hall–Kier alpha value is -2.50. The number of rotatable bonds is 13. The first kappa shape index (κ1) is 27.7. The summed E-state index contributed by atoms with van der Waals surface area (Å²) in [5, 5.41) is 18.7. The number of carboxylic acids is 2. The highest BCUT2D eigenvalue weighted by molar-refractivity contribution is 8.76. The average molecular weight is 551 g/mol. The summed E-state index contributed by atoms with van der Waals surface area (Å²) in [5.74, 6) is -3.40. The van der Waals surface area contributed by atoms with Crippen LogP contribution in [0.5, 0.6) is 0 Å². The molecule has 0 radical (unpaired) electrons. The zero-order valence-electron chi connectivity index (χ0n) is 17.3. The molecule has 0 aliphatic rings. The molecule has 2 rings (SSSR count). The minimum atomic E-state index is -4.15. The highest BCUT2D eigenvalue weighted by Crippen LogP contribution is 2.24. The summed E-state index contributed by atoms with van der Waals surface area (Å²) in [5.41, 5.74) is 11.7. The largest absolute Gasteiger partial charge is 0.480 e. The number of carbonyl (C=O) groups is 2. The van der Waals surface area contributed by atoms with Crippen molar-refractivity contribution in [3.8, 4) is 0 Å². The van der Waals surface area contributed by atoms with Gasteiger partial charge in [0.05, 0.1) is 9.79 Å². The molecule has 2 aromatic rings. The molecule has 16 heteroatoms. The molecule has 0 amide bonds. The van der Waals surface area contributed by atoms with E-state index in [9.17, 15) is 36.6 Å². The van der Waals surface area contributed by atoms with E-state index in [0.717, 1.165) is 21.6 Å². The van der Waals surface area contributed by atoms with E-state index in [1.165, 1.54) is 48.5 Å². The van der Waals surface area contributed by atoms with Crippen molar-refractivity contribution in [2.24, 2.45) is 0 Å². The van der Waals surface area contributed by atoms with E-state index in [1.807, 2.05) is 0 Å². The maximum atomic E-state index is 12.4. The lowest BCUT2D eigenvalue weighted by Gasteiger charge is -2.16. The molecule has 0 saturated carbocycles. The Kier molecular flexibility index (Phi) is 9.60. The summed E-state index contributed by atoms with van der Waals surface area (Å²) in [6, 6.07) is 7.28. The number of nitrogens with one attached hydrogen (secondary N) is 2. The van der Waals surface area contributed by atoms with Crippen LogP contribution in [-0.2, 0) is 29.6 Å². The molecule has 186 valence electrons. The average Bonchev–Trinajstić information content (AvgIpc) is 2.75. The van der Waals surface area contributed by atoms with Gasteiger partial charge in [-0.2, -0.15) is 9.44 Å². The van der Waals surface area contributed by atoms with E-state index >= 15 is 0 Å². The van der Waals surface area contributed by atoms with Crippen molar-refractivity contribution in [2.75, 3.05) is 23.0 Å². The first-order valence-corrected chi connectivity index (χ1v) is 14.7. The molecule has 0 heterocycles. The van der Waals surface area contributed by atoms with E-state index in [0.29, 0.717) is 11.4 Å². The van der Waals surface area contributed by atoms with Crippen LogP contribution in [0, 0.1) is 0 Å². The van der Waals surface area contributed by atoms with Crippen LogP contribution in [0.1, 0.15) is 0 Å². The van der Waals surface area contributed by atoms with E-state index in [1.54, 1.807) is 0 Å². The smallest absolute Gasteiger partial charge is 0.322 e. The summed E-state index contributed by atoms with van der Waals surface area (Å²) < 4.78 is 53.8. The number of hydrogen-bond donors (Lipinski definition) is 6. The van der Waals surface area contributed by atoms with Crippen molar-refractivity contribution in [1.82, 2.24) is 9.44 Å². The monoisotopic (exact) mass is 550 g/mol. The fraction of sp³-hybridized carbons (Fsp3) is 0.222. The lowest BCUT2D eigenvalue weighted by molar-refractivity contribution is -0.139. The van der Waals surface area contributed by atoms with Gasteiger partial charge >= 0.3 is 11.9 Å². The van der Waals surface area contributed by atoms with Crippen LogP contribution in [0.25, 0.3) is 0 Å². The summed E-state index contributed by atoms with van der Waals surface area (Å²) >= 11 is 0. The summed E-state index contributed by atoms with van der Waals surface area (Å²) in [4.78, 5) is 22.7. The quantitative estimate of drug-likeness (QED) is 0.113. The molecule has 2 atom stereocenters. The van der Waals surface area contributed by atoms with Crippen LogP contribution in [0.2, 0.25) is 0 Å². The molecule has 0 aliphatic heterocycles. The van der Waals surface area contributed by atoms with Gasteiger partial charge in [-0.1, -0.05) is 21.6 Å². The van der Waals surface area contributed by atoms with E-state index in [2.05, 4.69) is 9.44 Å². The first-order chi connectivity index (χ1) is 15.8. The number of nitrogens with two attached hydrogens (primary N) is 2. The standard InChI is InChI=1S/C18H22N4O8S4/c19-11-1-5-13(6-2-11)33(27,28)21-15(17(23)24)9-31-32-10-16(18(25)26)22-34(29,30)14-7-3-12(20)4-8-14/h1-8,15-16,21-22H,9-10,19-20H2,(H,23,24)(H,25,26)/t15-,16+. The third kappa shape index (κ3) is 8.07. The number of aliphatic carboxylic acids is 2. The number of benzene rings is 2. The molecule has 0 aliphatic carbocycles. The van der Waals surface area contributed by atoms with E-state index in [4.69, 9.17) is 11.5 Å². The van der Waals surface area contributed by atoms with Crippen LogP contribution in [-0.4, -0.2) is 62.6 Å². The Labute approximate surface area is 204 Å². The normalized spacial score (nSPS) is 13.8. The van der Waals surface area contributed by atoms with Gasteiger partial charge in [0.2, 0.25) is 20.0 Å². The predicted octanol–water partition coefficient (Wildman–Crippen LogP) is 0.396. The Morgan fingerprint density at radius 3 is 1.26 bits per heavy atom.